The zero-order valence-electron chi connectivity index (χ0n) is 17.1. The molecule has 26 heavy (non-hydrogen) atoms. The van der Waals surface area contributed by atoms with Crippen LogP contribution in [0.5, 0.6) is 5.75 Å². The van der Waals surface area contributed by atoms with Gasteiger partial charge in [0.25, 0.3) is 5.91 Å². The highest BCUT2D eigenvalue weighted by Crippen LogP contribution is 2.22. The molecule has 1 aromatic carbocycles. The third-order valence-corrected chi connectivity index (χ3v) is 4.56. The van der Waals surface area contributed by atoms with Gasteiger partial charge in [-0.05, 0) is 64.0 Å². The van der Waals surface area contributed by atoms with Gasteiger partial charge in [0.2, 0.25) is 0 Å². The summed E-state index contributed by atoms with van der Waals surface area (Å²) >= 11 is 0. The van der Waals surface area contributed by atoms with Gasteiger partial charge in [0.05, 0.1) is 6.61 Å². The normalized spacial score (nSPS) is 13.5. The molecule has 0 fully saturated rings. The molecule has 5 nitrogen and oxygen atoms in total. The predicted octanol–water partition coefficient (Wildman–Crippen LogP) is 4.33. The van der Waals surface area contributed by atoms with Crippen molar-refractivity contribution in [3.63, 3.8) is 0 Å². The van der Waals surface area contributed by atoms with E-state index in [1.807, 2.05) is 38.1 Å². The highest BCUT2D eigenvalue weighted by Gasteiger charge is 2.32. The van der Waals surface area contributed by atoms with Gasteiger partial charge in [-0.1, -0.05) is 27.2 Å². The van der Waals surface area contributed by atoms with Gasteiger partial charge in [0.15, 0.2) is 0 Å². The molecule has 5 heteroatoms. The lowest BCUT2D eigenvalue weighted by atomic mass is 9.99. The van der Waals surface area contributed by atoms with Gasteiger partial charge in [0, 0.05) is 18.8 Å². The van der Waals surface area contributed by atoms with Crippen LogP contribution in [0.2, 0.25) is 0 Å². The van der Waals surface area contributed by atoms with Crippen LogP contribution in [0.25, 0.3) is 0 Å². The minimum absolute atomic E-state index is 0.103. The zero-order chi connectivity index (χ0) is 19.4. The van der Waals surface area contributed by atoms with Crippen LogP contribution in [-0.2, 0) is 9.53 Å². The molecule has 1 N–H and O–H groups in total. The summed E-state index contributed by atoms with van der Waals surface area (Å²) in [5.74, 6) is 0.720. The minimum atomic E-state index is -0.789. The lowest BCUT2D eigenvalue weighted by Crippen LogP contribution is -2.42. The average molecular weight is 365 g/mol. The number of hydrogen-bond acceptors (Lipinski definition) is 4. The third-order valence-electron chi connectivity index (χ3n) is 4.56. The van der Waals surface area contributed by atoms with E-state index in [-0.39, 0.29) is 5.91 Å². The van der Waals surface area contributed by atoms with Gasteiger partial charge >= 0.3 is 0 Å². The van der Waals surface area contributed by atoms with Gasteiger partial charge in [-0.3, -0.25) is 4.79 Å². The summed E-state index contributed by atoms with van der Waals surface area (Å²) in [6, 6.07) is 7.53. The molecular formula is C21H36N2O3. The van der Waals surface area contributed by atoms with Gasteiger partial charge in [0.1, 0.15) is 11.4 Å². The first-order chi connectivity index (χ1) is 12.5. The molecule has 1 rings (SSSR count). The number of carbonyl (C=O) groups excluding carboxylic acids is 1. The molecule has 0 spiro atoms. The fourth-order valence-electron chi connectivity index (χ4n) is 2.96. The number of nitrogens with zero attached hydrogens (tertiary/aromatic N) is 1. The summed E-state index contributed by atoms with van der Waals surface area (Å²) in [6.45, 7) is 14.6. The summed E-state index contributed by atoms with van der Waals surface area (Å²) in [6.07, 6.45) is 2.59. The second-order valence-electron chi connectivity index (χ2n) is 6.62. The Labute approximate surface area is 159 Å². The molecular weight excluding hydrogens is 328 g/mol. The Hall–Kier alpha value is -1.59. The van der Waals surface area contributed by atoms with Crippen molar-refractivity contribution >= 4 is 11.6 Å². The van der Waals surface area contributed by atoms with E-state index in [0.717, 1.165) is 43.9 Å². The van der Waals surface area contributed by atoms with Crippen LogP contribution >= 0.6 is 0 Å². The summed E-state index contributed by atoms with van der Waals surface area (Å²) in [5.41, 5.74) is -0.0316. The van der Waals surface area contributed by atoms with Gasteiger partial charge < -0.3 is 19.7 Å². The van der Waals surface area contributed by atoms with Crippen LogP contribution < -0.4 is 10.1 Å². The molecule has 148 valence electrons. The SMILES string of the molecule is CCC[C@](C)(OCC)C(=O)Nc1ccc(OCCCN(CC)CC)cc1. The number of hydrogen-bond donors (Lipinski definition) is 1. The van der Waals surface area contributed by atoms with Gasteiger partial charge in [-0.15, -0.1) is 0 Å². The van der Waals surface area contributed by atoms with E-state index in [2.05, 4.69) is 31.0 Å². The lowest BCUT2D eigenvalue weighted by molar-refractivity contribution is -0.139. The minimum Gasteiger partial charge on any atom is -0.494 e. The van der Waals surface area contributed by atoms with Gasteiger partial charge in [-0.2, -0.15) is 0 Å². The van der Waals surface area contributed by atoms with Crippen LogP contribution in [0.15, 0.2) is 24.3 Å². The number of ether oxygens (including phenoxy) is 2. The molecule has 1 amide bonds. The Morgan fingerprint density at radius 3 is 2.31 bits per heavy atom. The number of anilines is 1. The fourth-order valence-corrected chi connectivity index (χ4v) is 2.96. The Bertz CT molecular complexity index is 506. The Kier molecular flexibility index (Phi) is 10.3. The van der Waals surface area contributed by atoms with Crippen LogP contribution in [0.1, 0.15) is 53.9 Å². The number of benzene rings is 1. The highest BCUT2D eigenvalue weighted by molar-refractivity contribution is 5.97. The van der Waals surface area contributed by atoms with Crippen molar-refractivity contribution in [1.29, 1.82) is 0 Å². The van der Waals surface area contributed by atoms with Crippen molar-refractivity contribution < 1.29 is 14.3 Å². The number of amides is 1. The fraction of sp³-hybridized carbons (Fsp3) is 0.667. The van der Waals surface area contributed by atoms with E-state index in [1.54, 1.807) is 0 Å². The maximum Gasteiger partial charge on any atom is 0.256 e. The Morgan fingerprint density at radius 2 is 1.77 bits per heavy atom. The van der Waals surface area contributed by atoms with Crippen LogP contribution in [-0.4, -0.2) is 49.3 Å². The van der Waals surface area contributed by atoms with Crippen molar-refractivity contribution in [1.82, 2.24) is 4.90 Å². The topological polar surface area (TPSA) is 50.8 Å². The van der Waals surface area contributed by atoms with Crippen LogP contribution in [0.4, 0.5) is 5.69 Å². The summed E-state index contributed by atoms with van der Waals surface area (Å²) in [7, 11) is 0. The molecule has 0 bridgehead atoms. The summed E-state index contributed by atoms with van der Waals surface area (Å²) in [4.78, 5) is 14.9. The van der Waals surface area contributed by atoms with Crippen molar-refractivity contribution in [2.75, 3.05) is 38.2 Å². The van der Waals surface area contributed by atoms with Crippen LogP contribution in [0.3, 0.4) is 0 Å². The van der Waals surface area contributed by atoms with E-state index in [9.17, 15) is 4.79 Å². The van der Waals surface area contributed by atoms with Gasteiger partial charge in [-0.25, -0.2) is 0 Å². The van der Waals surface area contributed by atoms with E-state index >= 15 is 0 Å². The molecule has 0 saturated carbocycles. The van der Waals surface area contributed by atoms with E-state index in [0.29, 0.717) is 19.6 Å². The molecule has 1 atom stereocenters. The average Bonchev–Trinajstić information content (AvgIpc) is 2.63. The maximum absolute atomic E-state index is 12.6. The monoisotopic (exact) mass is 364 g/mol. The molecule has 0 aliphatic carbocycles. The highest BCUT2D eigenvalue weighted by atomic mass is 16.5. The first kappa shape index (κ1) is 22.5. The first-order valence-electron chi connectivity index (χ1n) is 9.89. The molecule has 0 radical (unpaired) electrons. The molecule has 0 aliphatic heterocycles. The third kappa shape index (κ3) is 7.34. The smallest absolute Gasteiger partial charge is 0.256 e. The van der Waals surface area contributed by atoms with E-state index < -0.39 is 5.60 Å². The maximum atomic E-state index is 12.6. The molecule has 0 aromatic heterocycles. The second-order valence-corrected chi connectivity index (χ2v) is 6.62. The number of rotatable bonds is 13. The summed E-state index contributed by atoms with van der Waals surface area (Å²) in [5, 5.41) is 2.95. The standard InChI is InChI=1S/C21H36N2O3/c1-6-15-21(5,26-9-4)20(24)22-18-11-13-19(14-12-18)25-17-10-16-23(7-2)8-3/h11-14H,6-10,15-17H2,1-5H3,(H,22,24)/t21-/m0/s1. The molecule has 0 heterocycles. The van der Waals surface area contributed by atoms with Crippen molar-refractivity contribution in [2.24, 2.45) is 0 Å². The van der Waals surface area contributed by atoms with Crippen molar-refractivity contribution in [3.05, 3.63) is 24.3 Å². The molecule has 1 aromatic rings. The number of nitrogens with one attached hydrogen (secondary N) is 1. The quantitative estimate of drug-likeness (QED) is 0.529. The van der Waals surface area contributed by atoms with E-state index in [1.165, 1.54) is 0 Å². The Morgan fingerprint density at radius 1 is 1.12 bits per heavy atom. The van der Waals surface area contributed by atoms with Crippen LogP contribution in [0, 0.1) is 0 Å². The largest absolute Gasteiger partial charge is 0.494 e. The first-order valence-corrected chi connectivity index (χ1v) is 9.89. The Balaban J connectivity index is 2.50. The predicted molar refractivity (Wildman–Crippen MR) is 108 cm³/mol. The second kappa shape index (κ2) is 11.9. The molecule has 0 unspecified atom stereocenters. The van der Waals surface area contributed by atoms with Crippen molar-refractivity contribution in [2.45, 2.75) is 59.5 Å². The number of carbonyl (C=O) groups is 1. The zero-order valence-corrected chi connectivity index (χ0v) is 17.1. The molecule has 0 aliphatic rings. The van der Waals surface area contributed by atoms with E-state index in [4.69, 9.17) is 9.47 Å². The summed E-state index contributed by atoms with van der Waals surface area (Å²) < 4.78 is 11.5. The molecule has 0 saturated heterocycles. The van der Waals surface area contributed by atoms with Crippen molar-refractivity contribution in [3.8, 4) is 5.75 Å². The lowest BCUT2D eigenvalue weighted by Gasteiger charge is -2.27.